The summed E-state index contributed by atoms with van der Waals surface area (Å²) in [4.78, 5) is 19.6. The highest BCUT2D eigenvalue weighted by atomic mass is 127. The summed E-state index contributed by atoms with van der Waals surface area (Å²) in [6, 6.07) is 19.9. The lowest BCUT2D eigenvalue weighted by atomic mass is 9.83. The monoisotopic (exact) mass is 718 g/mol. The van der Waals surface area contributed by atoms with Crippen molar-refractivity contribution in [2.45, 2.75) is 18.9 Å². The van der Waals surface area contributed by atoms with Crippen LogP contribution in [0.25, 0.3) is 11.8 Å². The van der Waals surface area contributed by atoms with Gasteiger partial charge in [0.25, 0.3) is 5.56 Å². The van der Waals surface area contributed by atoms with E-state index in [0.29, 0.717) is 14.9 Å². The summed E-state index contributed by atoms with van der Waals surface area (Å²) in [7, 11) is 1.65. The maximum Gasteiger partial charge on any atom is 0.271 e. The molecule has 6 rings (SSSR count). The number of phenolic OH excluding ortho intramolecular Hbond substituents is 1. The fourth-order valence-electron chi connectivity index (χ4n) is 4.95. The van der Waals surface area contributed by atoms with Crippen molar-refractivity contribution in [3.63, 3.8) is 0 Å². The minimum atomic E-state index is -0.248. The van der Waals surface area contributed by atoms with Crippen molar-refractivity contribution in [3.8, 4) is 11.5 Å². The Morgan fingerprint density at radius 1 is 1.11 bits per heavy atom. The number of fused-ring (bicyclic) bond motifs is 3. The van der Waals surface area contributed by atoms with E-state index < -0.39 is 0 Å². The molecule has 4 aromatic rings. The van der Waals surface area contributed by atoms with Crippen LogP contribution in [0.5, 0.6) is 11.5 Å². The van der Waals surface area contributed by atoms with Crippen LogP contribution in [0.4, 0.5) is 0 Å². The Morgan fingerprint density at radius 3 is 2.67 bits per heavy atom. The molecule has 180 valence electrons. The Labute approximate surface area is 238 Å². The number of nitrogens with zero attached hydrogens (tertiary/aromatic N) is 2. The molecule has 0 saturated heterocycles. The van der Waals surface area contributed by atoms with E-state index in [9.17, 15) is 9.90 Å². The molecule has 0 bridgehead atoms. The van der Waals surface area contributed by atoms with Crippen molar-refractivity contribution < 1.29 is 9.84 Å². The van der Waals surface area contributed by atoms with Gasteiger partial charge in [-0.15, -0.1) is 0 Å². The highest BCUT2D eigenvalue weighted by Crippen LogP contribution is 2.41. The number of benzene rings is 3. The summed E-state index contributed by atoms with van der Waals surface area (Å²) in [5.41, 5.74) is 6.11. The quantitative estimate of drug-likeness (QED) is 0.295. The van der Waals surface area contributed by atoms with Gasteiger partial charge in [0, 0.05) is 14.7 Å². The second kappa shape index (κ2) is 9.46. The summed E-state index contributed by atoms with van der Waals surface area (Å²) in [5.74, 6) is 0.958. The molecule has 0 fully saturated rings. The molecule has 8 heteroatoms. The van der Waals surface area contributed by atoms with Gasteiger partial charge in [-0.05, 0) is 105 Å². The van der Waals surface area contributed by atoms with Crippen LogP contribution >= 0.6 is 56.5 Å². The molecule has 2 aliphatic rings. The Bertz CT molecular complexity index is 1740. The highest BCUT2D eigenvalue weighted by molar-refractivity contribution is 14.1. The number of phenols is 1. The number of aryl methyl sites for hydroxylation is 1. The smallest absolute Gasteiger partial charge is 0.271 e. The Kier molecular flexibility index (Phi) is 6.29. The molecule has 0 unspecified atom stereocenters. The van der Waals surface area contributed by atoms with Crippen molar-refractivity contribution in [2.75, 3.05) is 7.11 Å². The molecule has 1 N–H and O–H groups in total. The number of methoxy groups -OCH3 is 1. The second-order valence-electron chi connectivity index (χ2n) is 8.71. The number of hydrogen-bond acceptors (Lipinski definition) is 5. The molecule has 0 amide bonds. The maximum absolute atomic E-state index is 13.9. The van der Waals surface area contributed by atoms with Crippen LogP contribution in [-0.4, -0.2) is 16.8 Å². The first-order valence-corrected chi connectivity index (χ1v) is 14.4. The standard InChI is InChI=1S/C28H20I2N2O3S/c1-35-19-9-6-16(7-10-19)25-21-11-8-15-4-2-3-5-20(15)24(21)31-28-32(25)27(34)23(36-28)13-17-12-18(29)14-22(30)26(17)33/h2-7,9-10,12-14,25,33H,8,11H2,1H3/b23-13+/t25-/m0/s1. The zero-order valence-electron chi connectivity index (χ0n) is 19.2. The van der Waals surface area contributed by atoms with E-state index in [0.717, 1.165) is 48.1 Å². The number of ether oxygens (including phenoxy) is 1. The van der Waals surface area contributed by atoms with Crippen molar-refractivity contribution in [2.24, 2.45) is 4.99 Å². The van der Waals surface area contributed by atoms with Crippen molar-refractivity contribution >= 4 is 68.3 Å². The van der Waals surface area contributed by atoms with E-state index in [-0.39, 0.29) is 17.4 Å². The molecule has 1 aliphatic heterocycles. The number of hydrogen-bond donors (Lipinski definition) is 1. The largest absolute Gasteiger partial charge is 0.506 e. The third-order valence-corrected chi connectivity index (χ3v) is 9.08. The van der Waals surface area contributed by atoms with E-state index in [2.05, 4.69) is 63.4 Å². The molecule has 5 nitrogen and oxygen atoms in total. The van der Waals surface area contributed by atoms with Gasteiger partial charge in [0.2, 0.25) is 0 Å². The Morgan fingerprint density at radius 2 is 1.89 bits per heavy atom. The van der Waals surface area contributed by atoms with Crippen LogP contribution in [0, 0.1) is 7.14 Å². The zero-order valence-corrected chi connectivity index (χ0v) is 24.3. The predicted molar refractivity (Wildman–Crippen MR) is 159 cm³/mol. The normalized spacial score (nSPS) is 16.8. The number of aromatic nitrogens is 1. The van der Waals surface area contributed by atoms with Crippen LogP contribution < -0.4 is 19.6 Å². The van der Waals surface area contributed by atoms with E-state index in [1.54, 1.807) is 13.2 Å². The molecule has 2 heterocycles. The average Bonchev–Trinajstić information content (AvgIpc) is 3.20. The third-order valence-electron chi connectivity index (χ3n) is 6.65. The highest BCUT2D eigenvalue weighted by Gasteiger charge is 2.32. The van der Waals surface area contributed by atoms with Gasteiger partial charge < -0.3 is 9.84 Å². The van der Waals surface area contributed by atoms with E-state index >= 15 is 0 Å². The van der Waals surface area contributed by atoms with Crippen molar-refractivity contribution in [1.29, 1.82) is 0 Å². The van der Waals surface area contributed by atoms with Gasteiger partial charge in [0.1, 0.15) is 11.5 Å². The third kappa shape index (κ3) is 4.03. The van der Waals surface area contributed by atoms with E-state index in [1.807, 2.05) is 47.0 Å². The summed E-state index contributed by atoms with van der Waals surface area (Å²) in [5, 5.41) is 10.6. The van der Waals surface area contributed by atoms with Gasteiger partial charge in [-0.25, -0.2) is 4.99 Å². The second-order valence-corrected chi connectivity index (χ2v) is 12.1. The summed E-state index contributed by atoms with van der Waals surface area (Å²) in [6.07, 6.45) is 3.54. The Hall–Kier alpha value is -2.44. The topological polar surface area (TPSA) is 63.8 Å². The van der Waals surface area contributed by atoms with Crippen molar-refractivity contribution in [3.05, 3.63) is 115 Å². The van der Waals surface area contributed by atoms with Crippen LogP contribution in [0.1, 0.15) is 34.7 Å². The van der Waals surface area contributed by atoms with Gasteiger partial charge in [-0.1, -0.05) is 47.7 Å². The summed E-state index contributed by atoms with van der Waals surface area (Å²) in [6.45, 7) is 0. The lowest BCUT2D eigenvalue weighted by Crippen LogP contribution is -2.38. The molecule has 1 atom stereocenters. The molecule has 1 aromatic heterocycles. The predicted octanol–water partition coefficient (Wildman–Crippen LogP) is 5.24. The molecule has 3 aromatic carbocycles. The van der Waals surface area contributed by atoms with Gasteiger partial charge >= 0.3 is 0 Å². The fraction of sp³-hybridized carbons (Fsp3) is 0.143. The van der Waals surface area contributed by atoms with Gasteiger partial charge in [-0.2, -0.15) is 0 Å². The summed E-state index contributed by atoms with van der Waals surface area (Å²) < 4.78 is 9.50. The van der Waals surface area contributed by atoms with Crippen molar-refractivity contribution in [1.82, 2.24) is 4.57 Å². The molecular formula is C28H20I2N2O3S. The van der Waals surface area contributed by atoms with Gasteiger partial charge in [-0.3, -0.25) is 9.36 Å². The van der Waals surface area contributed by atoms with E-state index in [1.165, 1.54) is 16.9 Å². The SMILES string of the molecule is COc1ccc([C@H]2C3=C(N=c4s/c(=C/c5cc(I)cc(I)c5O)c(=O)n42)c2ccccc2CC3)cc1. The molecule has 36 heavy (non-hydrogen) atoms. The number of rotatable bonds is 3. The number of halogens is 2. The lowest BCUT2D eigenvalue weighted by Gasteiger charge is -2.30. The molecule has 0 saturated carbocycles. The van der Waals surface area contributed by atoms with E-state index in [4.69, 9.17) is 9.73 Å². The van der Waals surface area contributed by atoms with Crippen LogP contribution in [0.2, 0.25) is 0 Å². The summed E-state index contributed by atoms with van der Waals surface area (Å²) >= 11 is 5.70. The average molecular weight is 718 g/mol. The maximum atomic E-state index is 13.9. The van der Waals surface area contributed by atoms with Crippen LogP contribution in [-0.2, 0) is 6.42 Å². The number of allylic oxidation sites excluding steroid dienone is 1. The minimum Gasteiger partial charge on any atom is -0.506 e. The Balaban J connectivity index is 1.62. The first-order valence-electron chi connectivity index (χ1n) is 11.4. The van der Waals surface area contributed by atoms with Crippen LogP contribution in [0.15, 0.2) is 76.0 Å². The van der Waals surface area contributed by atoms with Crippen LogP contribution in [0.3, 0.4) is 0 Å². The minimum absolute atomic E-state index is 0.0988. The lowest BCUT2D eigenvalue weighted by molar-refractivity contribution is 0.414. The van der Waals surface area contributed by atoms with Gasteiger partial charge in [0.05, 0.1) is 27.0 Å². The first kappa shape index (κ1) is 23.9. The molecule has 0 radical (unpaired) electrons. The molecule has 0 spiro atoms. The zero-order chi connectivity index (χ0) is 25.0. The number of thiazole rings is 1. The molecular weight excluding hydrogens is 698 g/mol. The fourth-order valence-corrected chi connectivity index (χ4v) is 7.83. The number of aromatic hydroxyl groups is 1. The first-order chi connectivity index (χ1) is 17.4. The van der Waals surface area contributed by atoms with Gasteiger partial charge in [0.15, 0.2) is 4.80 Å². The molecule has 1 aliphatic carbocycles.